The van der Waals surface area contributed by atoms with Crippen LogP contribution in [0.1, 0.15) is 84.0 Å². The fourth-order valence-corrected chi connectivity index (χ4v) is 3.21. The summed E-state index contributed by atoms with van der Waals surface area (Å²) in [7, 11) is 0. The van der Waals surface area contributed by atoms with Crippen LogP contribution in [-0.4, -0.2) is 29.6 Å². The van der Waals surface area contributed by atoms with Crippen LogP contribution in [0.2, 0.25) is 0 Å². The Morgan fingerprint density at radius 2 is 1.75 bits per heavy atom. The van der Waals surface area contributed by atoms with Gasteiger partial charge in [0.2, 0.25) is 0 Å². The van der Waals surface area contributed by atoms with Crippen molar-refractivity contribution >= 4 is 11.9 Å². The Morgan fingerprint density at radius 1 is 1.17 bits per heavy atom. The van der Waals surface area contributed by atoms with Crippen molar-refractivity contribution in [2.24, 2.45) is 10.7 Å². The zero-order valence-corrected chi connectivity index (χ0v) is 15.2. The average molecular weight is 338 g/mol. The van der Waals surface area contributed by atoms with Crippen molar-refractivity contribution in [3.63, 3.8) is 0 Å². The number of unbranched alkanes of at least 4 members (excludes halogenated alkanes) is 9. The summed E-state index contributed by atoms with van der Waals surface area (Å²) >= 11 is 0. The molecule has 0 spiro atoms. The lowest BCUT2D eigenvalue weighted by molar-refractivity contribution is -0.131. The van der Waals surface area contributed by atoms with Gasteiger partial charge >= 0.3 is 5.97 Å². The van der Waals surface area contributed by atoms with Crippen LogP contribution in [0.5, 0.6) is 0 Å². The van der Waals surface area contributed by atoms with E-state index in [-0.39, 0.29) is 6.04 Å². The molecule has 138 valence electrons. The van der Waals surface area contributed by atoms with E-state index >= 15 is 0 Å². The summed E-state index contributed by atoms with van der Waals surface area (Å²) in [5.41, 5.74) is 6.66. The molecule has 0 saturated carbocycles. The Kier molecular flexibility index (Phi) is 11.0. The molecule has 0 amide bonds. The van der Waals surface area contributed by atoms with E-state index < -0.39 is 5.97 Å². The number of nitrogens with zero attached hydrogens (tertiary/aromatic N) is 1. The van der Waals surface area contributed by atoms with Crippen LogP contribution in [-0.2, 0) is 4.79 Å². The number of carbonyl (C=O) groups is 1. The molecule has 0 bridgehead atoms. The highest BCUT2D eigenvalue weighted by Gasteiger charge is 2.18. The van der Waals surface area contributed by atoms with Gasteiger partial charge in [0.1, 0.15) is 0 Å². The number of guanidine groups is 1. The van der Waals surface area contributed by atoms with Crippen molar-refractivity contribution in [1.82, 2.24) is 5.32 Å². The SMILES string of the molecule is CCCCCCCCCCCCC(=CC(=O)O)C1CCN=C(N)N1. The topological polar surface area (TPSA) is 87.7 Å². The third-order valence-electron chi connectivity index (χ3n) is 4.60. The first-order valence-electron chi connectivity index (χ1n) is 9.63. The summed E-state index contributed by atoms with van der Waals surface area (Å²) in [5.74, 6) is -0.453. The molecule has 24 heavy (non-hydrogen) atoms. The average Bonchev–Trinajstić information content (AvgIpc) is 2.55. The number of nitrogens with two attached hydrogens (primary N) is 1. The van der Waals surface area contributed by atoms with Crippen LogP contribution in [0.15, 0.2) is 16.6 Å². The summed E-state index contributed by atoms with van der Waals surface area (Å²) in [5, 5.41) is 12.2. The Morgan fingerprint density at radius 3 is 2.29 bits per heavy atom. The monoisotopic (exact) mass is 337 g/mol. The first-order valence-corrected chi connectivity index (χ1v) is 9.63. The van der Waals surface area contributed by atoms with Crippen LogP contribution >= 0.6 is 0 Å². The highest BCUT2D eigenvalue weighted by atomic mass is 16.4. The van der Waals surface area contributed by atoms with Crippen molar-refractivity contribution in [1.29, 1.82) is 0 Å². The first kappa shape index (κ1) is 20.5. The van der Waals surface area contributed by atoms with Crippen molar-refractivity contribution in [3.8, 4) is 0 Å². The van der Waals surface area contributed by atoms with E-state index in [0.29, 0.717) is 12.5 Å². The van der Waals surface area contributed by atoms with Gasteiger partial charge in [0.15, 0.2) is 5.96 Å². The Hall–Kier alpha value is -1.52. The molecule has 1 atom stereocenters. The predicted molar refractivity (Wildman–Crippen MR) is 100 cm³/mol. The zero-order valence-electron chi connectivity index (χ0n) is 15.2. The lowest BCUT2D eigenvalue weighted by Gasteiger charge is -2.25. The molecule has 5 heteroatoms. The zero-order chi connectivity index (χ0) is 17.6. The molecule has 1 aliphatic heterocycles. The number of rotatable bonds is 13. The molecular formula is C19H35N3O2. The number of nitrogens with one attached hydrogen (secondary N) is 1. The van der Waals surface area contributed by atoms with Crippen LogP contribution in [0.4, 0.5) is 0 Å². The van der Waals surface area contributed by atoms with E-state index in [9.17, 15) is 4.79 Å². The second-order valence-corrected chi connectivity index (χ2v) is 6.74. The molecule has 5 nitrogen and oxygen atoms in total. The Bertz CT molecular complexity index is 419. The lowest BCUT2D eigenvalue weighted by atomic mass is 9.96. The molecule has 0 saturated heterocycles. The summed E-state index contributed by atoms with van der Waals surface area (Å²) in [6.45, 7) is 2.91. The van der Waals surface area contributed by atoms with Gasteiger partial charge in [0, 0.05) is 12.6 Å². The molecule has 0 fully saturated rings. The number of hydrogen-bond donors (Lipinski definition) is 3. The minimum Gasteiger partial charge on any atom is -0.478 e. The number of carboxylic acids is 1. The van der Waals surface area contributed by atoms with Crippen LogP contribution in [0, 0.1) is 0 Å². The fraction of sp³-hybridized carbons (Fsp3) is 0.789. The second kappa shape index (κ2) is 12.8. The van der Waals surface area contributed by atoms with Gasteiger partial charge in [0.05, 0.1) is 6.04 Å². The summed E-state index contributed by atoms with van der Waals surface area (Å²) in [4.78, 5) is 15.2. The van der Waals surface area contributed by atoms with Gasteiger partial charge < -0.3 is 16.2 Å². The van der Waals surface area contributed by atoms with Crippen LogP contribution < -0.4 is 11.1 Å². The van der Waals surface area contributed by atoms with E-state index in [2.05, 4.69) is 17.2 Å². The van der Waals surface area contributed by atoms with Crippen molar-refractivity contribution in [2.75, 3.05) is 6.54 Å². The molecule has 1 aliphatic rings. The standard InChI is InChI=1S/C19H35N3O2/c1-2-3-4-5-6-7-8-9-10-11-12-16(15-18(23)24)17-13-14-21-19(20)22-17/h15,17H,2-14H2,1H3,(H,23,24)(H3,20,21,22). The molecule has 1 rings (SSSR count). The maximum absolute atomic E-state index is 11.1. The molecule has 0 aromatic heterocycles. The molecule has 1 unspecified atom stereocenters. The van der Waals surface area contributed by atoms with Gasteiger partial charge in [0.25, 0.3) is 0 Å². The van der Waals surface area contributed by atoms with E-state index in [1.54, 1.807) is 0 Å². The molecular weight excluding hydrogens is 302 g/mol. The molecule has 0 aromatic rings. The third kappa shape index (κ3) is 9.58. The summed E-state index contributed by atoms with van der Waals surface area (Å²) in [6.07, 6.45) is 15.9. The van der Waals surface area contributed by atoms with Crippen LogP contribution in [0.3, 0.4) is 0 Å². The van der Waals surface area contributed by atoms with Gasteiger partial charge in [-0.25, -0.2) is 4.79 Å². The quantitative estimate of drug-likeness (QED) is 0.350. The largest absolute Gasteiger partial charge is 0.478 e. The highest BCUT2D eigenvalue weighted by Crippen LogP contribution is 2.18. The second-order valence-electron chi connectivity index (χ2n) is 6.74. The smallest absolute Gasteiger partial charge is 0.328 e. The third-order valence-corrected chi connectivity index (χ3v) is 4.60. The van der Waals surface area contributed by atoms with Gasteiger partial charge in [-0.1, -0.05) is 64.7 Å². The van der Waals surface area contributed by atoms with Gasteiger partial charge in [-0.15, -0.1) is 0 Å². The predicted octanol–water partition coefficient (Wildman–Crippen LogP) is 3.99. The first-order chi connectivity index (χ1) is 11.6. The minimum atomic E-state index is -0.875. The maximum atomic E-state index is 11.1. The molecule has 1 heterocycles. The van der Waals surface area contributed by atoms with Crippen LogP contribution in [0.25, 0.3) is 0 Å². The number of aliphatic carboxylic acids is 1. The van der Waals surface area contributed by atoms with Gasteiger partial charge in [-0.2, -0.15) is 0 Å². The number of hydrogen-bond acceptors (Lipinski definition) is 4. The maximum Gasteiger partial charge on any atom is 0.328 e. The number of carboxylic acid groups (broad SMARTS) is 1. The van der Waals surface area contributed by atoms with Gasteiger partial charge in [-0.05, 0) is 24.8 Å². The Balaban J connectivity index is 2.17. The molecule has 0 aromatic carbocycles. The summed E-state index contributed by atoms with van der Waals surface area (Å²) < 4.78 is 0. The highest BCUT2D eigenvalue weighted by molar-refractivity contribution is 5.82. The molecule has 0 aliphatic carbocycles. The summed E-state index contributed by atoms with van der Waals surface area (Å²) in [6, 6.07) is 0.0252. The van der Waals surface area contributed by atoms with E-state index in [4.69, 9.17) is 10.8 Å². The Labute approximate surface area is 146 Å². The van der Waals surface area contributed by atoms with Crippen molar-refractivity contribution < 1.29 is 9.90 Å². The molecule has 0 radical (unpaired) electrons. The fourth-order valence-electron chi connectivity index (χ4n) is 3.21. The normalized spacial score (nSPS) is 18.1. The van der Waals surface area contributed by atoms with E-state index in [1.165, 1.54) is 63.9 Å². The van der Waals surface area contributed by atoms with Crippen molar-refractivity contribution in [2.45, 2.75) is 90.0 Å². The lowest BCUT2D eigenvalue weighted by Crippen LogP contribution is -2.44. The van der Waals surface area contributed by atoms with E-state index in [1.807, 2.05) is 0 Å². The minimum absolute atomic E-state index is 0.0252. The van der Waals surface area contributed by atoms with E-state index in [0.717, 1.165) is 24.8 Å². The van der Waals surface area contributed by atoms with Crippen molar-refractivity contribution in [3.05, 3.63) is 11.6 Å². The molecule has 4 N–H and O–H groups in total. The van der Waals surface area contributed by atoms with Gasteiger partial charge in [-0.3, -0.25) is 4.99 Å². The number of aliphatic imine (C=N–C) groups is 1.